The molecule has 1 aromatic carbocycles. The third-order valence-corrected chi connectivity index (χ3v) is 8.43. The molecule has 2 amide bonds. The highest BCUT2D eigenvalue weighted by Gasteiger charge is 2.55. The summed E-state index contributed by atoms with van der Waals surface area (Å²) in [6.45, 7) is 1.66. The first-order valence-corrected chi connectivity index (χ1v) is 12.9. The van der Waals surface area contributed by atoms with Gasteiger partial charge in [-0.1, -0.05) is 43.2 Å². The number of hydrogen-bond acceptors (Lipinski definition) is 6. The van der Waals surface area contributed by atoms with Crippen LogP contribution in [0.3, 0.4) is 0 Å². The van der Waals surface area contributed by atoms with Crippen LogP contribution in [0, 0.1) is 5.41 Å². The fourth-order valence-electron chi connectivity index (χ4n) is 5.72. The largest absolute Gasteiger partial charge is 0.387 e. The Kier molecular flexibility index (Phi) is 6.46. The normalized spacial score (nSPS) is 21.4. The van der Waals surface area contributed by atoms with Crippen molar-refractivity contribution >= 4 is 17.6 Å². The van der Waals surface area contributed by atoms with Gasteiger partial charge in [-0.25, -0.2) is 14.2 Å². The van der Waals surface area contributed by atoms with Crippen LogP contribution >= 0.6 is 11.5 Å². The Morgan fingerprint density at radius 2 is 1.94 bits per heavy atom. The second kappa shape index (κ2) is 9.54. The predicted octanol–water partition coefficient (Wildman–Crippen LogP) is 3.62. The lowest BCUT2D eigenvalue weighted by molar-refractivity contribution is -0.136. The van der Waals surface area contributed by atoms with Crippen LogP contribution in [0.5, 0.6) is 0 Å². The summed E-state index contributed by atoms with van der Waals surface area (Å²) >= 11 is 1.40. The molecular formula is C26H31N5O3S. The Labute approximate surface area is 209 Å². The number of benzene rings is 1. The highest BCUT2D eigenvalue weighted by Crippen LogP contribution is 2.51. The Morgan fingerprint density at radius 1 is 1.17 bits per heavy atom. The molecule has 8 nitrogen and oxygen atoms in total. The van der Waals surface area contributed by atoms with E-state index in [-0.39, 0.29) is 18.1 Å². The Hall–Kier alpha value is -3.04. The first-order valence-electron chi connectivity index (χ1n) is 12.1. The molecule has 2 aromatic heterocycles. The van der Waals surface area contributed by atoms with Crippen molar-refractivity contribution in [3.05, 3.63) is 70.2 Å². The molecule has 184 valence electrons. The summed E-state index contributed by atoms with van der Waals surface area (Å²) in [5.41, 5.74) is -0.167. The Bertz CT molecular complexity index is 1220. The van der Waals surface area contributed by atoms with Gasteiger partial charge in [-0.2, -0.15) is 0 Å². The van der Waals surface area contributed by atoms with Crippen molar-refractivity contribution in [3.63, 3.8) is 0 Å². The molecule has 1 aliphatic carbocycles. The fraction of sp³-hybridized carbons (Fsp3) is 0.462. The number of nitrogens with zero attached hydrogens (tertiary/aromatic N) is 5. The van der Waals surface area contributed by atoms with Crippen LogP contribution in [0.1, 0.15) is 37.0 Å². The number of aromatic nitrogens is 3. The molecule has 2 fully saturated rings. The van der Waals surface area contributed by atoms with Crippen LogP contribution in [0.15, 0.2) is 59.8 Å². The smallest absolute Gasteiger partial charge is 0.320 e. The number of piperidine rings is 1. The number of carbonyl (C=O) groups is 1. The molecule has 1 N–H and O–H groups in total. The van der Waals surface area contributed by atoms with E-state index in [1.807, 2.05) is 48.3 Å². The van der Waals surface area contributed by atoms with E-state index in [0.29, 0.717) is 31.7 Å². The van der Waals surface area contributed by atoms with Crippen molar-refractivity contribution in [2.24, 2.45) is 5.41 Å². The summed E-state index contributed by atoms with van der Waals surface area (Å²) in [6, 6.07) is 13.0. The van der Waals surface area contributed by atoms with Crippen molar-refractivity contribution in [3.8, 4) is 11.3 Å². The number of aliphatic hydroxyl groups is 1. The third kappa shape index (κ3) is 4.62. The Balaban J connectivity index is 1.34. The predicted molar refractivity (Wildman–Crippen MR) is 135 cm³/mol. The van der Waals surface area contributed by atoms with Crippen LogP contribution in [0.25, 0.3) is 11.3 Å². The van der Waals surface area contributed by atoms with Gasteiger partial charge < -0.3 is 14.9 Å². The molecule has 35 heavy (non-hydrogen) atoms. The van der Waals surface area contributed by atoms with Crippen molar-refractivity contribution < 1.29 is 9.90 Å². The number of hydrogen-bond donors (Lipinski definition) is 1. The maximum absolute atomic E-state index is 13.2. The van der Waals surface area contributed by atoms with E-state index >= 15 is 0 Å². The molecule has 2 aliphatic rings. The van der Waals surface area contributed by atoms with Crippen LogP contribution in [-0.2, 0) is 13.1 Å². The van der Waals surface area contributed by atoms with Gasteiger partial charge >= 0.3 is 6.03 Å². The minimum atomic E-state index is -1.07. The first kappa shape index (κ1) is 23.7. The van der Waals surface area contributed by atoms with Gasteiger partial charge in [0, 0.05) is 48.3 Å². The van der Waals surface area contributed by atoms with Crippen LogP contribution in [0.2, 0.25) is 0 Å². The maximum atomic E-state index is 13.2. The topological polar surface area (TPSA) is 91.6 Å². The summed E-state index contributed by atoms with van der Waals surface area (Å²) in [6.07, 6.45) is 7.44. The minimum Gasteiger partial charge on any atom is -0.387 e. The van der Waals surface area contributed by atoms with E-state index in [2.05, 4.69) is 9.36 Å². The van der Waals surface area contributed by atoms with Crippen LogP contribution < -0.4 is 5.56 Å². The average Bonchev–Trinajstić information content (AvgIpc) is 3.56. The molecular weight excluding hydrogens is 462 g/mol. The number of urea groups is 1. The lowest BCUT2D eigenvalue weighted by Crippen LogP contribution is -2.63. The molecule has 9 heteroatoms. The van der Waals surface area contributed by atoms with Gasteiger partial charge in [0.05, 0.1) is 30.7 Å². The van der Waals surface area contributed by atoms with Gasteiger partial charge in [0.1, 0.15) is 0 Å². The molecule has 3 aromatic rings. The summed E-state index contributed by atoms with van der Waals surface area (Å²) in [4.78, 5) is 35.4. The minimum absolute atomic E-state index is 0.0298. The van der Waals surface area contributed by atoms with E-state index in [1.165, 1.54) is 22.2 Å². The number of rotatable bonds is 5. The SMILES string of the molecule is CN(Cc1ccns1)C(=O)N1CCC(O)(Cn2cnc(-c3ccccc3)cc2=O)C2(CCCC2)C1. The zero-order chi connectivity index (χ0) is 24.5. The van der Waals surface area contributed by atoms with Gasteiger partial charge in [0.15, 0.2) is 0 Å². The summed E-state index contributed by atoms with van der Waals surface area (Å²) in [7, 11) is 1.81. The van der Waals surface area contributed by atoms with Crippen LogP contribution in [-0.4, -0.2) is 60.6 Å². The van der Waals surface area contributed by atoms with Crippen LogP contribution in [0.4, 0.5) is 4.79 Å². The summed E-state index contributed by atoms with van der Waals surface area (Å²) in [5, 5.41) is 12.0. The molecule has 5 rings (SSSR count). The fourth-order valence-corrected chi connectivity index (χ4v) is 6.35. The third-order valence-electron chi connectivity index (χ3n) is 7.70. The zero-order valence-corrected chi connectivity index (χ0v) is 20.8. The van der Waals surface area contributed by atoms with Gasteiger partial charge in [0.25, 0.3) is 5.56 Å². The van der Waals surface area contributed by atoms with Crippen molar-refractivity contribution in [2.45, 2.75) is 50.8 Å². The highest BCUT2D eigenvalue weighted by atomic mass is 32.1. The second-order valence-electron chi connectivity index (χ2n) is 9.91. The molecule has 1 unspecified atom stereocenters. The lowest BCUT2D eigenvalue weighted by Gasteiger charge is -2.52. The van der Waals surface area contributed by atoms with E-state index < -0.39 is 11.0 Å². The van der Waals surface area contributed by atoms with Gasteiger partial charge in [-0.15, -0.1) is 0 Å². The average molecular weight is 494 g/mol. The summed E-state index contributed by atoms with van der Waals surface area (Å²) in [5.74, 6) is 0. The van der Waals surface area contributed by atoms with Crippen molar-refractivity contribution in [1.82, 2.24) is 23.7 Å². The number of amides is 2. The molecule has 1 spiro atoms. The number of carbonyl (C=O) groups excluding carboxylic acids is 1. The molecule has 1 atom stereocenters. The van der Waals surface area contributed by atoms with E-state index in [4.69, 9.17) is 0 Å². The quantitative estimate of drug-likeness (QED) is 0.586. The zero-order valence-electron chi connectivity index (χ0n) is 20.0. The monoisotopic (exact) mass is 493 g/mol. The van der Waals surface area contributed by atoms with E-state index in [0.717, 1.165) is 36.1 Å². The molecule has 0 radical (unpaired) electrons. The van der Waals surface area contributed by atoms with Gasteiger partial charge in [0.2, 0.25) is 0 Å². The second-order valence-corrected chi connectivity index (χ2v) is 10.8. The molecule has 3 heterocycles. The molecule has 0 bridgehead atoms. The number of likely N-dealkylation sites (tertiary alicyclic amines) is 1. The van der Waals surface area contributed by atoms with E-state index in [9.17, 15) is 14.7 Å². The highest BCUT2D eigenvalue weighted by molar-refractivity contribution is 7.05. The summed E-state index contributed by atoms with van der Waals surface area (Å²) < 4.78 is 5.65. The van der Waals surface area contributed by atoms with Crippen molar-refractivity contribution in [1.29, 1.82) is 0 Å². The van der Waals surface area contributed by atoms with E-state index in [1.54, 1.807) is 17.4 Å². The van der Waals surface area contributed by atoms with Gasteiger partial charge in [-0.05, 0) is 36.9 Å². The molecule has 1 saturated carbocycles. The molecule has 1 saturated heterocycles. The van der Waals surface area contributed by atoms with Crippen molar-refractivity contribution in [2.75, 3.05) is 20.1 Å². The standard InChI is InChI=1S/C26H31N5O3S/c1-29(16-21-9-13-28-35-21)24(33)30-14-12-26(34,25(17-30)10-5-6-11-25)18-31-19-27-22(15-23(31)32)20-7-3-2-4-8-20/h2-4,7-9,13,15,19,34H,5-6,10-12,14,16-18H2,1H3. The molecule has 1 aliphatic heterocycles. The first-order chi connectivity index (χ1) is 16.9. The lowest BCUT2D eigenvalue weighted by atomic mass is 9.66. The van der Waals surface area contributed by atoms with Gasteiger partial charge in [-0.3, -0.25) is 9.36 Å². The Morgan fingerprint density at radius 3 is 2.63 bits per heavy atom. The maximum Gasteiger partial charge on any atom is 0.320 e.